The molecule has 0 radical (unpaired) electrons. The van der Waals surface area contributed by atoms with Gasteiger partial charge in [-0.1, -0.05) is 18.5 Å². The lowest BCUT2D eigenvalue weighted by atomic mass is 10.1. The summed E-state index contributed by atoms with van der Waals surface area (Å²) < 4.78 is 2.58. The smallest absolute Gasteiger partial charge is 0.0931 e. The molecule has 1 atom stereocenters. The molecule has 2 rings (SSSR count). The number of halogens is 1. The van der Waals surface area contributed by atoms with Crippen LogP contribution < -0.4 is 5.73 Å². The van der Waals surface area contributed by atoms with Crippen LogP contribution in [-0.4, -0.2) is 9.78 Å². The first-order chi connectivity index (χ1) is 7.61. The third-order valence-corrected chi connectivity index (χ3v) is 3.82. The summed E-state index contributed by atoms with van der Waals surface area (Å²) in [6.45, 7) is 2.08. The molecular formula is C11H14ClN3S. The van der Waals surface area contributed by atoms with Crippen LogP contribution in [0.25, 0.3) is 0 Å². The molecule has 0 aliphatic carbocycles. The Kier molecular flexibility index (Phi) is 3.33. The number of thiophene rings is 1. The quantitative estimate of drug-likeness (QED) is 0.917. The van der Waals surface area contributed by atoms with Gasteiger partial charge in [0, 0.05) is 23.7 Å². The molecule has 0 spiro atoms. The van der Waals surface area contributed by atoms with Crippen molar-refractivity contribution >= 4 is 22.9 Å². The Morgan fingerprint density at radius 1 is 1.56 bits per heavy atom. The SMILES string of the molecule is CCc1nn(C)cc1C(N)c1ccc(Cl)s1. The largest absolute Gasteiger partial charge is 0.320 e. The second-order valence-electron chi connectivity index (χ2n) is 3.68. The Morgan fingerprint density at radius 3 is 2.88 bits per heavy atom. The van der Waals surface area contributed by atoms with Gasteiger partial charge in [-0.2, -0.15) is 5.10 Å². The lowest BCUT2D eigenvalue weighted by Crippen LogP contribution is -2.11. The topological polar surface area (TPSA) is 43.8 Å². The number of aryl methyl sites for hydroxylation is 2. The van der Waals surface area contributed by atoms with Gasteiger partial charge in [0.25, 0.3) is 0 Å². The molecule has 0 aliphatic heterocycles. The minimum atomic E-state index is -0.124. The van der Waals surface area contributed by atoms with Gasteiger partial charge in [0.15, 0.2) is 0 Å². The van der Waals surface area contributed by atoms with E-state index in [9.17, 15) is 0 Å². The highest BCUT2D eigenvalue weighted by atomic mass is 35.5. The monoisotopic (exact) mass is 255 g/mol. The van der Waals surface area contributed by atoms with Crippen LogP contribution in [0.15, 0.2) is 18.3 Å². The second-order valence-corrected chi connectivity index (χ2v) is 5.42. The highest BCUT2D eigenvalue weighted by molar-refractivity contribution is 7.16. The number of rotatable bonds is 3. The van der Waals surface area contributed by atoms with Crippen molar-refractivity contribution in [2.45, 2.75) is 19.4 Å². The minimum Gasteiger partial charge on any atom is -0.320 e. The zero-order valence-electron chi connectivity index (χ0n) is 9.27. The van der Waals surface area contributed by atoms with Crippen molar-refractivity contribution in [3.8, 4) is 0 Å². The van der Waals surface area contributed by atoms with Crippen LogP contribution in [0, 0.1) is 0 Å². The molecule has 0 aromatic carbocycles. The van der Waals surface area contributed by atoms with Crippen molar-refractivity contribution in [3.63, 3.8) is 0 Å². The van der Waals surface area contributed by atoms with E-state index in [1.165, 1.54) is 11.3 Å². The van der Waals surface area contributed by atoms with E-state index < -0.39 is 0 Å². The first kappa shape index (κ1) is 11.6. The Balaban J connectivity index is 2.36. The summed E-state index contributed by atoms with van der Waals surface area (Å²) in [5.41, 5.74) is 8.36. The fraction of sp³-hybridized carbons (Fsp3) is 0.364. The Morgan fingerprint density at radius 2 is 2.31 bits per heavy atom. The van der Waals surface area contributed by atoms with E-state index in [1.54, 1.807) is 0 Å². The summed E-state index contributed by atoms with van der Waals surface area (Å²) in [7, 11) is 1.91. The van der Waals surface area contributed by atoms with Crippen molar-refractivity contribution in [3.05, 3.63) is 38.8 Å². The lowest BCUT2D eigenvalue weighted by Gasteiger charge is -2.08. The van der Waals surface area contributed by atoms with Crippen LogP contribution in [0.2, 0.25) is 4.34 Å². The van der Waals surface area contributed by atoms with Crippen molar-refractivity contribution in [1.82, 2.24) is 9.78 Å². The van der Waals surface area contributed by atoms with Crippen LogP contribution in [-0.2, 0) is 13.5 Å². The van der Waals surface area contributed by atoms with Gasteiger partial charge in [-0.15, -0.1) is 11.3 Å². The maximum Gasteiger partial charge on any atom is 0.0931 e. The van der Waals surface area contributed by atoms with E-state index in [4.69, 9.17) is 17.3 Å². The lowest BCUT2D eigenvalue weighted by molar-refractivity contribution is 0.746. The molecule has 3 nitrogen and oxygen atoms in total. The molecule has 0 aliphatic rings. The normalized spacial score (nSPS) is 13.0. The number of nitrogens with zero attached hydrogens (tertiary/aromatic N) is 2. The molecule has 0 fully saturated rings. The predicted molar refractivity (Wildman–Crippen MR) is 67.9 cm³/mol. The zero-order valence-corrected chi connectivity index (χ0v) is 10.8. The molecule has 2 aromatic heterocycles. The molecule has 0 saturated carbocycles. The van der Waals surface area contributed by atoms with Crippen LogP contribution in [0.4, 0.5) is 0 Å². The average molecular weight is 256 g/mol. The standard InChI is InChI=1S/C11H14ClN3S/c1-3-8-7(6-15(2)14-8)11(13)9-4-5-10(12)16-9/h4-6,11H,3,13H2,1-2H3. The van der Waals surface area contributed by atoms with Crippen molar-refractivity contribution in [2.75, 3.05) is 0 Å². The van der Waals surface area contributed by atoms with Crippen LogP contribution >= 0.6 is 22.9 Å². The van der Waals surface area contributed by atoms with Gasteiger partial charge in [-0.3, -0.25) is 4.68 Å². The highest BCUT2D eigenvalue weighted by Gasteiger charge is 2.17. The van der Waals surface area contributed by atoms with Gasteiger partial charge < -0.3 is 5.73 Å². The van der Waals surface area contributed by atoms with Crippen LogP contribution in [0.3, 0.4) is 0 Å². The van der Waals surface area contributed by atoms with E-state index in [0.29, 0.717) is 0 Å². The molecule has 16 heavy (non-hydrogen) atoms. The first-order valence-corrected chi connectivity index (χ1v) is 6.34. The van der Waals surface area contributed by atoms with Gasteiger partial charge >= 0.3 is 0 Å². The third kappa shape index (κ3) is 2.14. The van der Waals surface area contributed by atoms with E-state index in [0.717, 1.165) is 26.9 Å². The number of hydrogen-bond acceptors (Lipinski definition) is 3. The van der Waals surface area contributed by atoms with Crippen molar-refractivity contribution in [2.24, 2.45) is 12.8 Å². The summed E-state index contributed by atoms with van der Waals surface area (Å²) in [4.78, 5) is 1.08. The van der Waals surface area contributed by atoms with Crippen molar-refractivity contribution < 1.29 is 0 Å². The minimum absolute atomic E-state index is 0.124. The molecule has 5 heteroatoms. The fourth-order valence-electron chi connectivity index (χ4n) is 1.74. The van der Waals surface area contributed by atoms with E-state index in [2.05, 4.69) is 12.0 Å². The van der Waals surface area contributed by atoms with Gasteiger partial charge in [-0.05, 0) is 18.6 Å². The third-order valence-electron chi connectivity index (χ3n) is 2.51. The zero-order chi connectivity index (χ0) is 11.7. The summed E-state index contributed by atoms with van der Waals surface area (Å²) in [6, 6.07) is 3.73. The highest BCUT2D eigenvalue weighted by Crippen LogP contribution is 2.30. The first-order valence-electron chi connectivity index (χ1n) is 5.15. The average Bonchev–Trinajstić information content (AvgIpc) is 2.83. The van der Waals surface area contributed by atoms with Crippen LogP contribution in [0.5, 0.6) is 0 Å². The second kappa shape index (κ2) is 4.57. The van der Waals surface area contributed by atoms with E-state index >= 15 is 0 Å². The molecule has 2 aromatic rings. The van der Waals surface area contributed by atoms with Crippen molar-refractivity contribution in [1.29, 1.82) is 0 Å². The van der Waals surface area contributed by atoms with E-state index in [-0.39, 0.29) is 6.04 Å². The molecule has 0 bridgehead atoms. The number of aromatic nitrogens is 2. The van der Waals surface area contributed by atoms with Gasteiger partial charge in [-0.25, -0.2) is 0 Å². The Labute approximate surface area is 104 Å². The summed E-state index contributed by atoms with van der Waals surface area (Å²) >= 11 is 7.44. The number of hydrogen-bond donors (Lipinski definition) is 1. The van der Waals surface area contributed by atoms with E-state index in [1.807, 2.05) is 30.1 Å². The molecule has 2 heterocycles. The molecule has 2 N–H and O–H groups in total. The predicted octanol–water partition coefficient (Wildman–Crippen LogP) is 2.75. The maximum atomic E-state index is 6.22. The molecular weight excluding hydrogens is 242 g/mol. The fourth-order valence-corrected chi connectivity index (χ4v) is 2.82. The Hall–Kier alpha value is -0.840. The summed E-state index contributed by atoms with van der Waals surface area (Å²) in [6.07, 6.45) is 2.88. The molecule has 1 unspecified atom stereocenters. The van der Waals surface area contributed by atoms with Gasteiger partial charge in [0.05, 0.1) is 16.1 Å². The van der Waals surface area contributed by atoms with Crippen LogP contribution in [0.1, 0.15) is 29.1 Å². The Bertz CT molecular complexity index is 489. The van der Waals surface area contributed by atoms with Gasteiger partial charge in [0.1, 0.15) is 0 Å². The maximum absolute atomic E-state index is 6.22. The molecule has 0 saturated heterocycles. The van der Waals surface area contributed by atoms with Gasteiger partial charge in [0.2, 0.25) is 0 Å². The molecule has 86 valence electrons. The number of nitrogens with two attached hydrogens (primary N) is 1. The summed E-state index contributed by atoms with van der Waals surface area (Å²) in [5, 5.41) is 4.39. The molecule has 0 amide bonds. The summed E-state index contributed by atoms with van der Waals surface area (Å²) in [5.74, 6) is 0.